The van der Waals surface area contributed by atoms with E-state index >= 15 is 0 Å². The summed E-state index contributed by atoms with van der Waals surface area (Å²) in [7, 11) is 0. The highest BCUT2D eigenvalue weighted by atomic mass is 16.3. The topological polar surface area (TPSA) is 77.8 Å². The molecule has 6 nitrogen and oxygen atoms in total. The molecule has 0 saturated heterocycles. The Morgan fingerprint density at radius 2 is 1.04 bits per heavy atom. The Bertz CT molecular complexity index is 2880. The van der Waals surface area contributed by atoms with E-state index in [1.807, 2.05) is 109 Å². The monoisotopic (exact) mass is 642 g/mol. The van der Waals surface area contributed by atoms with Crippen molar-refractivity contribution in [2.45, 2.75) is 0 Å². The number of para-hydroxylation sites is 1. The molecule has 10 rings (SSSR count). The number of aromatic nitrogens is 4. The van der Waals surface area contributed by atoms with Crippen molar-refractivity contribution >= 4 is 43.8 Å². The average molecular weight is 643 g/mol. The quantitative estimate of drug-likeness (QED) is 0.186. The standard InChI is InChI=1S/C44H26N4O2/c1-3-11-27(12-4-1)30-16-9-17-31(25-30)41-46-42(32-22-24-38-35(26-32)33-18-7-8-20-37(33)49-38)48-43(47-41)34-19-10-15-28-21-23-36-40(39(28)34)50-44(45-36)29-13-5-2-6-14-29/h1-26H. The molecule has 0 saturated carbocycles. The van der Waals surface area contributed by atoms with Gasteiger partial charge in [-0.2, -0.15) is 0 Å². The molecule has 0 fully saturated rings. The molecule has 0 bridgehead atoms. The van der Waals surface area contributed by atoms with Crippen molar-refractivity contribution in [3.63, 3.8) is 0 Å². The van der Waals surface area contributed by atoms with Crippen molar-refractivity contribution in [1.29, 1.82) is 0 Å². The molecule has 10 aromatic rings. The fourth-order valence-electron chi connectivity index (χ4n) is 6.73. The first-order valence-electron chi connectivity index (χ1n) is 16.5. The summed E-state index contributed by atoms with van der Waals surface area (Å²) in [5, 5.41) is 3.96. The molecule has 3 aromatic heterocycles. The minimum absolute atomic E-state index is 0.544. The van der Waals surface area contributed by atoms with E-state index in [1.54, 1.807) is 0 Å². The molecule has 0 aliphatic heterocycles. The molecule has 0 aliphatic rings. The van der Waals surface area contributed by atoms with Crippen molar-refractivity contribution in [3.8, 4) is 56.7 Å². The van der Waals surface area contributed by atoms with Gasteiger partial charge < -0.3 is 8.83 Å². The van der Waals surface area contributed by atoms with Crippen LogP contribution < -0.4 is 0 Å². The highest BCUT2D eigenvalue weighted by molar-refractivity contribution is 6.11. The van der Waals surface area contributed by atoms with E-state index in [0.29, 0.717) is 28.9 Å². The fourth-order valence-corrected chi connectivity index (χ4v) is 6.73. The second-order valence-corrected chi connectivity index (χ2v) is 12.3. The van der Waals surface area contributed by atoms with Crippen molar-refractivity contribution < 1.29 is 8.83 Å². The number of fused-ring (bicyclic) bond motifs is 6. The van der Waals surface area contributed by atoms with Crippen LogP contribution in [-0.4, -0.2) is 19.9 Å². The Morgan fingerprint density at radius 3 is 1.88 bits per heavy atom. The van der Waals surface area contributed by atoms with Crippen LogP contribution in [0.25, 0.3) is 101 Å². The summed E-state index contributed by atoms with van der Waals surface area (Å²) < 4.78 is 12.6. The molecule has 7 aromatic carbocycles. The number of nitrogens with zero attached hydrogens (tertiary/aromatic N) is 4. The molecular formula is C44H26N4O2. The molecule has 3 heterocycles. The minimum atomic E-state index is 0.544. The lowest BCUT2D eigenvalue weighted by molar-refractivity contribution is 0.623. The maximum Gasteiger partial charge on any atom is 0.227 e. The zero-order valence-corrected chi connectivity index (χ0v) is 26.6. The summed E-state index contributed by atoms with van der Waals surface area (Å²) in [5.74, 6) is 2.25. The van der Waals surface area contributed by atoms with Crippen LogP contribution in [0.4, 0.5) is 0 Å². The fraction of sp³-hybridized carbons (Fsp3) is 0. The lowest BCUT2D eigenvalue weighted by atomic mass is 10.0. The van der Waals surface area contributed by atoms with Crippen LogP contribution in [0, 0.1) is 0 Å². The Kier molecular flexibility index (Phi) is 6.39. The number of hydrogen-bond acceptors (Lipinski definition) is 6. The first kappa shape index (κ1) is 28.1. The van der Waals surface area contributed by atoms with Crippen molar-refractivity contribution in [2.24, 2.45) is 0 Å². The SMILES string of the molecule is c1ccc(-c2cccc(-c3nc(-c4ccc5oc6ccccc6c5c4)nc(-c4cccc5ccc6nc(-c7ccccc7)oc6c45)n3)c2)cc1. The van der Waals surface area contributed by atoms with Crippen LogP contribution in [0.15, 0.2) is 167 Å². The van der Waals surface area contributed by atoms with Gasteiger partial charge in [0.15, 0.2) is 23.1 Å². The van der Waals surface area contributed by atoms with Gasteiger partial charge >= 0.3 is 0 Å². The Hall–Kier alpha value is -6.92. The molecule has 50 heavy (non-hydrogen) atoms. The second-order valence-electron chi connectivity index (χ2n) is 12.3. The van der Waals surface area contributed by atoms with Crippen LogP contribution in [-0.2, 0) is 0 Å². The number of rotatable bonds is 5. The van der Waals surface area contributed by atoms with E-state index in [0.717, 1.165) is 71.6 Å². The van der Waals surface area contributed by atoms with Crippen molar-refractivity contribution in [3.05, 3.63) is 158 Å². The molecule has 234 valence electrons. The molecule has 6 heteroatoms. The predicted octanol–water partition coefficient (Wildman–Crippen LogP) is 11.4. The minimum Gasteiger partial charge on any atom is -0.456 e. The summed E-state index contributed by atoms with van der Waals surface area (Å²) in [4.78, 5) is 20.3. The Labute approximate surface area is 286 Å². The third kappa shape index (κ3) is 4.73. The lowest BCUT2D eigenvalue weighted by Gasteiger charge is -2.11. The van der Waals surface area contributed by atoms with Crippen LogP contribution in [0.2, 0.25) is 0 Å². The Balaban J connectivity index is 1.21. The molecule has 0 atom stereocenters. The van der Waals surface area contributed by atoms with E-state index in [-0.39, 0.29) is 0 Å². The predicted molar refractivity (Wildman–Crippen MR) is 199 cm³/mol. The zero-order chi connectivity index (χ0) is 33.0. The van der Waals surface area contributed by atoms with Crippen LogP contribution in [0.5, 0.6) is 0 Å². The third-order valence-electron chi connectivity index (χ3n) is 9.16. The highest BCUT2D eigenvalue weighted by Crippen LogP contribution is 2.38. The molecule has 0 unspecified atom stereocenters. The van der Waals surface area contributed by atoms with Gasteiger partial charge in [-0.05, 0) is 65.0 Å². The maximum atomic E-state index is 6.51. The van der Waals surface area contributed by atoms with Gasteiger partial charge in [-0.15, -0.1) is 0 Å². The van der Waals surface area contributed by atoms with Gasteiger partial charge in [0.25, 0.3) is 0 Å². The first-order chi connectivity index (χ1) is 24.7. The lowest BCUT2D eigenvalue weighted by Crippen LogP contribution is -2.01. The molecule has 0 aliphatic carbocycles. The van der Waals surface area contributed by atoms with Crippen LogP contribution in [0.3, 0.4) is 0 Å². The third-order valence-corrected chi connectivity index (χ3v) is 9.16. The number of benzene rings is 7. The van der Waals surface area contributed by atoms with E-state index < -0.39 is 0 Å². The first-order valence-corrected chi connectivity index (χ1v) is 16.5. The molecular weight excluding hydrogens is 617 g/mol. The van der Waals surface area contributed by atoms with E-state index in [9.17, 15) is 0 Å². The number of oxazole rings is 1. The van der Waals surface area contributed by atoms with Gasteiger partial charge in [-0.3, -0.25) is 0 Å². The molecule has 0 N–H and O–H groups in total. The normalized spacial score (nSPS) is 11.6. The van der Waals surface area contributed by atoms with Gasteiger partial charge in [0.1, 0.15) is 16.7 Å². The van der Waals surface area contributed by atoms with Crippen LogP contribution in [0.1, 0.15) is 0 Å². The number of hydrogen-bond donors (Lipinski definition) is 0. The largest absolute Gasteiger partial charge is 0.456 e. The second kappa shape index (κ2) is 11.4. The van der Waals surface area contributed by atoms with Crippen molar-refractivity contribution in [2.75, 3.05) is 0 Å². The molecule has 0 amide bonds. The van der Waals surface area contributed by atoms with Gasteiger partial charge in [0.05, 0.1) is 0 Å². The summed E-state index contributed by atoms with van der Waals surface area (Å²) in [5.41, 5.74) is 8.84. The summed E-state index contributed by atoms with van der Waals surface area (Å²) in [6.07, 6.45) is 0. The average Bonchev–Trinajstić information content (AvgIpc) is 3.80. The smallest absolute Gasteiger partial charge is 0.227 e. The zero-order valence-electron chi connectivity index (χ0n) is 26.6. The van der Waals surface area contributed by atoms with Gasteiger partial charge in [0.2, 0.25) is 5.89 Å². The van der Waals surface area contributed by atoms with Gasteiger partial charge in [0, 0.05) is 38.4 Å². The van der Waals surface area contributed by atoms with Crippen molar-refractivity contribution in [1.82, 2.24) is 19.9 Å². The summed E-state index contributed by atoms with van der Waals surface area (Å²) >= 11 is 0. The summed E-state index contributed by atoms with van der Waals surface area (Å²) in [6, 6.07) is 53.0. The molecule has 0 spiro atoms. The van der Waals surface area contributed by atoms with E-state index in [1.165, 1.54) is 0 Å². The van der Waals surface area contributed by atoms with Gasteiger partial charge in [-0.25, -0.2) is 19.9 Å². The molecule has 0 radical (unpaired) electrons. The van der Waals surface area contributed by atoms with E-state index in [2.05, 4.69) is 48.5 Å². The highest BCUT2D eigenvalue weighted by Gasteiger charge is 2.19. The van der Waals surface area contributed by atoms with E-state index in [4.69, 9.17) is 28.8 Å². The maximum absolute atomic E-state index is 6.51. The Morgan fingerprint density at radius 1 is 0.380 bits per heavy atom. The van der Waals surface area contributed by atoms with Crippen LogP contribution >= 0.6 is 0 Å². The van der Waals surface area contributed by atoms with Gasteiger partial charge in [-0.1, -0.05) is 109 Å². The summed E-state index contributed by atoms with van der Waals surface area (Å²) in [6.45, 7) is 0. The number of furan rings is 1.